The molecule has 2 N–H and O–H groups in total. The van der Waals surface area contributed by atoms with Gasteiger partial charge in [0.05, 0.1) is 16.5 Å². The van der Waals surface area contributed by atoms with E-state index >= 15 is 0 Å². The smallest absolute Gasteiger partial charge is 0.306 e. The van der Waals surface area contributed by atoms with E-state index in [1.807, 2.05) is 0 Å². The number of carboxylic acids is 1. The fourth-order valence-corrected chi connectivity index (χ4v) is 3.98. The summed E-state index contributed by atoms with van der Waals surface area (Å²) < 4.78 is 27.2. The highest BCUT2D eigenvalue weighted by Crippen LogP contribution is 2.21. The third-order valence-corrected chi connectivity index (χ3v) is 5.87. The van der Waals surface area contributed by atoms with Gasteiger partial charge in [0.1, 0.15) is 0 Å². The molecule has 0 radical (unpaired) electrons. The normalized spacial score (nSPS) is 15.3. The number of aliphatic carboxylic acids is 1. The third kappa shape index (κ3) is 4.43. The quantitative estimate of drug-likeness (QED) is 0.806. The molecule has 1 aliphatic heterocycles. The molecular weight excluding hydrogens is 370 g/mol. The van der Waals surface area contributed by atoms with Crippen molar-refractivity contribution < 1.29 is 23.1 Å². The number of carbonyl (C=O) groups is 2. The molecular formula is C18H19N3O5S. The number of amides is 1. The van der Waals surface area contributed by atoms with Gasteiger partial charge in [-0.05, 0) is 49.2 Å². The fourth-order valence-electron chi connectivity index (χ4n) is 2.92. The maximum Gasteiger partial charge on any atom is 0.306 e. The van der Waals surface area contributed by atoms with Gasteiger partial charge in [0, 0.05) is 31.0 Å². The third-order valence-electron chi connectivity index (χ3n) is 4.48. The van der Waals surface area contributed by atoms with Crippen molar-refractivity contribution in [1.29, 1.82) is 0 Å². The number of nitrogens with one attached hydrogen (secondary N) is 1. The van der Waals surface area contributed by atoms with Gasteiger partial charge in [-0.3, -0.25) is 19.3 Å². The van der Waals surface area contributed by atoms with Crippen LogP contribution in [-0.2, 0) is 14.8 Å². The lowest BCUT2D eigenvalue weighted by Crippen LogP contribution is -2.40. The number of carbonyl (C=O) groups excluding carboxylic acids is 1. The Morgan fingerprint density at radius 1 is 1.04 bits per heavy atom. The number of sulfonamides is 1. The summed E-state index contributed by atoms with van der Waals surface area (Å²) in [6.45, 7) is 0.749. The summed E-state index contributed by atoms with van der Waals surface area (Å²) in [6.07, 6.45) is 3.80. The number of likely N-dealkylation sites (tertiary alicyclic amines) is 1. The van der Waals surface area contributed by atoms with E-state index in [4.69, 9.17) is 5.11 Å². The number of piperidine rings is 1. The molecule has 0 unspecified atom stereocenters. The minimum atomic E-state index is -3.77. The first-order chi connectivity index (χ1) is 12.9. The molecule has 9 heteroatoms. The number of pyridine rings is 1. The number of hydrogen-bond donors (Lipinski definition) is 2. The maximum atomic E-state index is 12.5. The Hall–Kier alpha value is -2.94. The summed E-state index contributed by atoms with van der Waals surface area (Å²) in [5.74, 6) is -1.48. The predicted molar refractivity (Wildman–Crippen MR) is 97.8 cm³/mol. The van der Waals surface area contributed by atoms with Crippen LogP contribution in [0.3, 0.4) is 0 Å². The van der Waals surface area contributed by atoms with Gasteiger partial charge >= 0.3 is 5.97 Å². The van der Waals surface area contributed by atoms with Gasteiger partial charge in [0.25, 0.3) is 15.9 Å². The molecule has 1 aromatic carbocycles. The van der Waals surface area contributed by atoms with Crippen LogP contribution in [0.5, 0.6) is 0 Å². The molecule has 0 saturated carbocycles. The first-order valence-corrected chi connectivity index (χ1v) is 9.90. The Morgan fingerprint density at radius 2 is 1.63 bits per heavy atom. The van der Waals surface area contributed by atoms with Gasteiger partial charge in [-0.2, -0.15) is 0 Å². The van der Waals surface area contributed by atoms with Crippen molar-refractivity contribution in [2.45, 2.75) is 17.7 Å². The van der Waals surface area contributed by atoms with E-state index in [1.165, 1.54) is 48.8 Å². The summed E-state index contributed by atoms with van der Waals surface area (Å²) in [4.78, 5) is 29.0. The monoisotopic (exact) mass is 389 g/mol. The molecule has 8 nitrogen and oxygen atoms in total. The van der Waals surface area contributed by atoms with Crippen LogP contribution in [0.25, 0.3) is 0 Å². The molecule has 0 atom stereocenters. The van der Waals surface area contributed by atoms with Crippen molar-refractivity contribution in [2.24, 2.45) is 5.92 Å². The number of nitrogens with zero attached hydrogens (tertiary/aromatic N) is 2. The van der Waals surface area contributed by atoms with Gasteiger partial charge in [-0.1, -0.05) is 0 Å². The molecule has 1 aromatic heterocycles. The average molecular weight is 389 g/mol. The standard InChI is InChI=1S/C18H19N3O5S/c22-17(21-11-7-14(8-12-21)18(23)24)13-1-3-16(4-2-13)27(25,26)20-15-5-9-19-10-6-15/h1-6,9-10,14H,7-8,11-12H2,(H,19,20)(H,23,24). The number of rotatable bonds is 5. The first kappa shape index (κ1) is 18.8. The zero-order chi connectivity index (χ0) is 19.4. The Balaban J connectivity index is 1.68. The predicted octanol–water partition coefficient (Wildman–Crippen LogP) is 1.82. The van der Waals surface area contributed by atoms with Gasteiger partial charge < -0.3 is 10.0 Å². The van der Waals surface area contributed by atoms with E-state index in [1.54, 1.807) is 4.90 Å². The Bertz CT molecular complexity index is 921. The highest BCUT2D eigenvalue weighted by Gasteiger charge is 2.27. The van der Waals surface area contributed by atoms with Crippen LogP contribution < -0.4 is 4.72 Å². The summed E-state index contributed by atoms with van der Waals surface area (Å²) in [5, 5.41) is 9.02. The van der Waals surface area contributed by atoms with Gasteiger partial charge in [-0.15, -0.1) is 0 Å². The Kier molecular flexibility index (Phi) is 5.41. The molecule has 2 heterocycles. The molecule has 3 rings (SSSR count). The summed E-state index contributed by atoms with van der Waals surface area (Å²) in [6, 6.07) is 8.76. The lowest BCUT2D eigenvalue weighted by molar-refractivity contribution is -0.143. The minimum Gasteiger partial charge on any atom is -0.481 e. The molecule has 0 spiro atoms. The van der Waals surface area contributed by atoms with Gasteiger partial charge in [0.15, 0.2) is 0 Å². The minimum absolute atomic E-state index is 0.0421. The molecule has 0 aliphatic carbocycles. The van der Waals surface area contributed by atoms with Gasteiger partial charge in [-0.25, -0.2) is 8.42 Å². The van der Waals surface area contributed by atoms with Crippen molar-refractivity contribution >= 4 is 27.6 Å². The molecule has 1 saturated heterocycles. The highest BCUT2D eigenvalue weighted by atomic mass is 32.2. The Morgan fingerprint density at radius 3 is 2.19 bits per heavy atom. The largest absolute Gasteiger partial charge is 0.481 e. The van der Waals surface area contributed by atoms with E-state index < -0.39 is 21.9 Å². The highest BCUT2D eigenvalue weighted by molar-refractivity contribution is 7.92. The van der Waals surface area contributed by atoms with Crippen LogP contribution in [-0.4, -0.2) is 48.4 Å². The molecule has 1 amide bonds. The SMILES string of the molecule is O=C(O)C1CCN(C(=O)c2ccc(S(=O)(=O)Nc3ccncc3)cc2)CC1. The fraction of sp³-hybridized carbons (Fsp3) is 0.278. The van der Waals surface area contributed by atoms with E-state index in [0.717, 1.165) is 0 Å². The number of anilines is 1. The maximum absolute atomic E-state index is 12.5. The second kappa shape index (κ2) is 7.75. The zero-order valence-corrected chi connectivity index (χ0v) is 15.2. The number of benzene rings is 1. The average Bonchev–Trinajstić information content (AvgIpc) is 2.68. The van der Waals surface area contributed by atoms with Crippen molar-refractivity contribution in [3.63, 3.8) is 0 Å². The second-order valence-electron chi connectivity index (χ2n) is 6.27. The van der Waals surface area contributed by atoms with Crippen molar-refractivity contribution in [3.05, 3.63) is 54.4 Å². The molecule has 142 valence electrons. The van der Waals surface area contributed by atoms with Crippen LogP contribution in [0, 0.1) is 5.92 Å². The number of aromatic nitrogens is 1. The van der Waals surface area contributed by atoms with Crippen LogP contribution in [0.4, 0.5) is 5.69 Å². The lowest BCUT2D eigenvalue weighted by atomic mass is 9.96. The van der Waals surface area contributed by atoms with Crippen LogP contribution >= 0.6 is 0 Å². The zero-order valence-electron chi connectivity index (χ0n) is 14.4. The van der Waals surface area contributed by atoms with E-state index in [0.29, 0.717) is 37.2 Å². The first-order valence-electron chi connectivity index (χ1n) is 8.42. The molecule has 1 fully saturated rings. The number of carboxylic acid groups (broad SMARTS) is 1. The van der Waals surface area contributed by atoms with Crippen molar-refractivity contribution in [3.8, 4) is 0 Å². The summed E-state index contributed by atoms with van der Waals surface area (Å²) in [7, 11) is -3.77. The Labute approximate surface area is 156 Å². The topological polar surface area (TPSA) is 117 Å². The van der Waals surface area contributed by atoms with Gasteiger partial charge in [0.2, 0.25) is 0 Å². The lowest BCUT2D eigenvalue weighted by Gasteiger charge is -2.30. The van der Waals surface area contributed by atoms with E-state index in [2.05, 4.69) is 9.71 Å². The summed E-state index contributed by atoms with van der Waals surface area (Å²) >= 11 is 0. The van der Waals surface area contributed by atoms with Crippen molar-refractivity contribution in [1.82, 2.24) is 9.88 Å². The van der Waals surface area contributed by atoms with Crippen molar-refractivity contribution in [2.75, 3.05) is 17.8 Å². The molecule has 27 heavy (non-hydrogen) atoms. The molecule has 2 aromatic rings. The summed E-state index contributed by atoms with van der Waals surface area (Å²) in [5.41, 5.74) is 0.762. The molecule has 0 bridgehead atoms. The van der Waals surface area contributed by atoms with Crippen LogP contribution in [0.15, 0.2) is 53.7 Å². The van der Waals surface area contributed by atoms with E-state index in [9.17, 15) is 18.0 Å². The molecule has 1 aliphatic rings. The second-order valence-corrected chi connectivity index (χ2v) is 7.95. The number of hydrogen-bond acceptors (Lipinski definition) is 5. The van der Waals surface area contributed by atoms with E-state index in [-0.39, 0.29) is 10.8 Å². The van der Waals surface area contributed by atoms with Crippen LogP contribution in [0.1, 0.15) is 23.2 Å². The van der Waals surface area contributed by atoms with Crippen LogP contribution in [0.2, 0.25) is 0 Å².